The summed E-state index contributed by atoms with van der Waals surface area (Å²) in [6.45, 7) is 0. The summed E-state index contributed by atoms with van der Waals surface area (Å²) in [5.41, 5.74) is -14.5. The summed E-state index contributed by atoms with van der Waals surface area (Å²) in [6.07, 6.45) is 0. The molecule has 0 heterocycles. The first-order valence-electron chi connectivity index (χ1n) is 7.95. The Hall–Kier alpha value is -3.14. The Balaban J connectivity index is 2.75. The van der Waals surface area contributed by atoms with Crippen LogP contribution in [0.2, 0.25) is 0 Å². The van der Waals surface area contributed by atoms with Crippen LogP contribution in [0.3, 0.4) is 0 Å². The standard InChI is InChI=1S/C16H10F6N2O6S2/c17-15(18,19)31(27,28)23(11-7-3-1-4-8-11)13(25)14(26)24(12-9-5-2-6-10-12)32(29,30)16(20,21)22/h1-10H. The predicted molar refractivity (Wildman–Crippen MR) is 97.8 cm³/mol. The highest BCUT2D eigenvalue weighted by Gasteiger charge is 2.57. The molecular formula is C16H10F6N2O6S2. The number of para-hydroxylation sites is 2. The third-order valence-corrected chi connectivity index (χ3v) is 6.48. The molecule has 0 radical (unpaired) electrons. The van der Waals surface area contributed by atoms with Gasteiger partial charge in [0.1, 0.15) is 0 Å². The Kier molecular flexibility index (Phi) is 6.61. The van der Waals surface area contributed by atoms with E-state index in [9.17, 15) is 52.8 Å². The van der Waals surface area contributed by atoms with Crippen molar-refractivity contribution in [2.45, 2.75) is 11.0 Å². The van der Waals surface area contributed by atoms with Crippen LogP contribution in [0.15, 0.2) is 60.7 Å². The van der Waals surface area contributed by atoms with Gasteiger partial charge in [0.05, 0.1) is 11.4 Å². The third kappa shape index (κ3) is 4.55. The summed E-state index contributed by atoms with van der Waals surface area (Å²) >= 11 is 0. The van der Waals surface area contributed by atoms with Gasteiger partial charge in [-0.25, -0.2) is 0 Å². The van der Waals surface area contributed by atoms with Crippen LogP contribution in [-0.4, -0.2) is 39.7 Å². The molecule has 2 aromatic rings. The van der Waals surface area contributed by atoms with Gasteiger partial charge in [0.15, 0.2) is 0 Å². The first kappa shape index (κ1) is 25.1. The number of carbonyl (C=O) groups is 2. The van der Waals surface area contributed by atoms with Crippen LogP contribution in [-0.2, 0) is 29.6 Å². The van der Waals surface area contributed by atoms with Crippen molar-refractivity contribution in [3.8, 4) is 0 Å². The van der Waals surface area contributed by atoms with Crippen molar-refractivity contribution >= 4 is 43.2 Å². The topological polar surface area (TPSA) is 109 Å². The number of alkyl halides is 6. The van der Waals surface area contributed by atoms with Crippen molar-refractivity contribution in [3.63, 3.8) is 0 Å². The predicted octanol–water partition coefficient (Wildman–Crippen LogP) is 2.75. The van der Waals surface area contributed by atoms with Crippen LogP contribution >= 0.6 is 0 Å². The van der Waals surface area contributed by atoms with Crippen LogP contribution in [0.4, 0.5) is 37.7 Å². The lowest BCUT2D eigenvalue weighted by Gasteiger charge is -2.27. The largest absolute Gasteiger partial charge is 0.517 e. The molecule has 2 rings (SSSR count). The molecule has 32 heavy (non-hydrogen) atoms. The number of halogens is 6. The number of nitrogens with zero attached hydrogens (tertiary/aromatic N) is 2. The number of anilines is 2. The van der Waals surface area contributed by atoms with Crippen LogP contribution in [0, 0.1) is 0 Å². The number of sulfonamides is 2. The molecule has 2 amide bonds. The maximum absolute atomic E-state index is 13.1. The highest BCUT2D eigenvalue weighted by atomic mass is 32.2. The van der Waals surface area contributed by atoms with Crippen LogP contribution < -0.4 is 8.61 Å². The van der Waals surface area contributed by atoms with Gasteiger partial charge in [0.2, 0.25) is 0 Å². The molecule has 0 aliphatic carbocycles. The normalized spacial score (nSPS) is 12.8. The summed E-state index contributed by atoms with van der Waals surface area (Å²) in [6, 6.07) is 8.80. The van der Waals surface area contributed by atoms with E-state index in [0.717, 1.165) is 24.3 Å². The molecule has 0 fully saturated rings. The lowest BCUT2D eigenvalue weighted by Crippen LogP contribution is -2.54. The zero-order chi connectivity index (χ0) is 24.5. The number of hydrogen-bond donors (Lipinski definition) is 0. The first-order valence-corrected chi connectivity index (χ1v) is 10.8. The molecule has 0 bridgehead atoms. The Morgan fingerprint density at radius 3 is 1.03 bits per heavy atom. The minimum Gasteiger partial charge on any atom is -0.262 e. The smallest absolute Gasteiger partial charge is 0.262 e. The van der Waals surface area contributed by atoms with Gasteiger partial charge in [-0.3, -0.25) is 9.59 Å². The number of amides is 2. The van der Waals surface area contributed by atoms with Gasteiger partial charge in [-0.2, -0.15) is 51.8 Å². The zero-order valence-corrected chi connectivity index (χ0v) is 16.8. The highest BCUT2D eigenvalue weighted by molar-refractivity contribution is 7.95. The summed E-state index contributed by atoms with van der Waals surface area (Å²) in [4.78, 5) is 25.1. The van der Waals surface area contributed by atoms with Gasteiger partial charge < -0.3 is 0 Å². The molecule has 0 spiro atoms. The van der Waals surface area contributed by atoms with Crippen molar-refractivity contribution in [1.29, 1.82) is 0 Å². The lowest BCUT2D eigenvalue weighted by atomic mass is 10.3. The second-order valence-corrected chi connectivity index (χ2v) is 9.27. The van der Waals surface area contributed by atoms with Crippen molar-refractivity contribution in [3.05, 3.63) is 60.7 Å². The fraction of sp³-hybridized carbons (Fsp3) is 0.125. The summed E-state index contributed by atoms with van der Waals surface area (Å²) in [5, 5.41) is 0. The van der Waals surface area contributed by atoms with Crippen LogP contribution in [0.5, 0.6) is 0 Å². The Morgan fingerprint density at radius 1 is 0.562 bits per heavy atom. The second-order valence-electron chi connectivity index (χ2n) is 5.71. The van der Waals surface area contributed by atoms with E-state index in [1.54, 1.807) is 0 Å². The van der Waals surface area contributed by atoms with E-state index in [2.05, 4.69) is 0 Å². The molecule has 0 saturated heterocycles. The van der Waals surface area contributed by atoms with E-state index >= 15 is 0 Å². The van der Waals surface area contributed by atoms with Crippen LogP contribution in [0.1, 0.15) is 0 Å². The molecule has 0 aliphatic heterocycles. The van der Waals surface area contributed by atoms with Crippen molar-refractivity contribution in [2.75, 3.05) is 8.61 Å². The molecule has 0 aliphatic rings. The average molecular weight is 504 g/mol. The van der Waals surface area contributed by atoms with Gasteiger partial charge in [-0.1, -0.05) is 36.4 Å². The first-order chi connectivity index (χ1) is 14.5. The number of carbonyl (C=O) groups excluding carboxylic acids is 2. The van der Waals surface area contributed by atoms with Gasteiger partial charge in [0.25, 0.3) is 0 Å². The molecule has 8 nitrogen and oxygen atoms in total. The maximum atomic E-state index is 13.1. The Bertz CT molecular complexity index is 1120. The minimum absolute atomic E-state index is 0.638. The van der Waals surface area contributed by atoms with Gasteiger partial charge >= 0.3 is 42.9 Å². The molecular weight excluding hydrogens is 494 g/mol. The fourth-order valence-electron chi connectivity index (χ4n) is 2.24. The van der Waals surface area contributed by atoms with E-state index in [-0.39, 0.29) is 0 Å². The van der Waals surface area contributed by atoms with E-state index in [4.69, 9.17) is 0 Å². The summed E-state index contributed by atoms with van der Waals surface area (Å²) in [5.74, 6) is -5.43. The monoisotopic (exact) mass is 504 g/mol. The number of hydrogen-bond acceptors (Lipinski definition) is 6. The summed E-state index contributed by atoms with van der Waals surface area (Å²) in [7, 11) is -13.3. The SMILES string of the molecule is O=C(C(=O)N(c1ccccc1)S(=O)(=O)C(F)(F)F)N(c1ccccc1)S(=O)(=O)C(F)(F)F. The average Bonchev–Trinajstić information content (AvgIpc) is 2.67. The molecule has 0 aromatic heterocycles. The highest BCUT2D eigenvalue weighted by Crippen LogP contribution is 2.34. The fourth-order valence-corrected chi connectivity index (χ4v) is 4.04. The van der Waals surface area contributed by atoms with Gasteiger partial charge in [-0.15, -0.1) is 0 Å². The minimum atomic E-state index is -6.67. The number of benzene rings is 2. The molecule has 16 heteroatoms. The quantitative estimate of drug-likeness (QED) is 0.468. The maximum Gasteiger partial charge on any atom is 0.517 e. The van der Waals surface area contributed by atoms with E-state index in [0.29, 0.717) is 24.3 Å². The zero-order valence-electron chi connectivity index (χ0n) is 15.2. The molecule has 0 unspecified atom stereocenters. The third-order valence-electron chi connectivity index (χ3n) is 3.60. The van der Waals surface area contributed by atoms with E-state index in [1.807, 2.05) is 0 Å². The number of rotatable bonds is 4. The van der Waals surface area contributed by atoms with Gasteiger partial charge in [-0.05, 0) is 24.3 Å². The van der Waals surface area contributed by atoms with Crippen molar-refractivity contribution in [1.82, 2.24) is 0 Å². The summed E-state index contributed by atoms with van der Waals surface area (Å²) < 4.78 is 124. The molecule has 0 N–H and O–H groups in total. The molecule has 0 saturated carbocycles. The van der Waals surface area contributed by atoms with E-state index < -0.39 is 62.9 Å². The van der Waals surface area contributed by atoms with Crippen molar-refractivity contribution in [2.24, 2.45) is 0 Å². The molecule has 0 atom stereocenters. The van der Waals surface area contributed by atoms with Gasteiger partial charge in [0, 0.05) is 0 Å². The molecule has 174 valence electrons. The van der Waals surface area contributed by atoms with E-state index in [1.165, 1.54) is 12.1 Å². The molecule has 2 aromatic carbocycles. The van der Waals surface area contributed by atoms with Crippen LogP contribution in [0.25, 0.3) is 0 Å². The lowest BCUT2D eigenvalue weighted by molar-refractivity contribution is -0.135. The Morgan fingerprint density at radius 2 is 0.812 bits per heavy atom. The second kappa shape index (κ2) is 8.42. The Labute approximate surface area is 176 Å². The van der Waals surface area contributed by atoms with Crippen molar-refractivity contribution < 1.29 is 52.8 Å².